The molecule has 1 aromatic heterocycles. The van der Waals surface area contributed by atoms with E-state index in [1.165, 1.54) is 36.0 Å². The molecule has 192 valence electrons. The first-order valence-electron chi connectivity index (χ1n) is 12.8. The van der Waals surface area contributed by atoms with Crippen molar-refractivity contribution in [2.45, 2.75) is 52.4 Å². The van der Waals surface area contributed by atoms with Crippen LogP contribution in [0.1, 0.15) is 65.8 Å². The highest BCUT2D eigenvalue weighted by Gasteiger charge is 2.55. The van der Waals surface area contributed by atoms with E-state index in [2.05, 4.69) is 5.43 Å². The van der Waals surface area contributed by atoms with Crippen LogP contribution in [-0.2, 0) is 9.59 Å². The molecule has 0 atom stereocenters. The average molecular weight is 536 g/mol. The monoisotopic (exact) mass is 535 g/mol. The molecule has 7 rings (SSSR count). The third kappa shape index (κ3) is 4.12. The molecule has 0 unspecified atom stereocenters. The number of aromatic nitrogens is 1. The molecule has 4 bridgehead atoms. The number of carbonyl (C=O) groups is 3. The number of carboxylic acid groups (broad SMARTS) is 1. The van der Waals surface area contributed by atoms with Gasteiger partial charge in [-0.05, 0) is 124 Å². The molecular weight excluding hydrogens is 506 g/mol. The van der Waals surface area contributed by atoms with Gasteiger partial charge in [-0.3, -0.25) is 15.0 Å². The lowest BCUT2D eigenvalue weighted by atomic mass is 9.49. The first-order valence-corrected chi connectivity index (χ1v) is 14.0. The van der Waals surface area contributed by atoms with Gasteiger partial charge in [0.25, 0.3) is 5.91 Å². The lowest BCUT2D eigenvalue weighted by molar-refractivity contribution is -0.152. The molecule has 1 saturated heterocycles. The van der Waals surface area contributed by atoms with Crippen molar-refractivity contribution in [2.24, 2.45) is 23.2 Å². The Morgan fingerprint density at radius 1 is 1.08 bits per heavy atom. The van der Waals surface area contributed by atoms with E-state index in [4.69, 9.17) is 12.2 Å². The summed E-state index contributed by atoms with van der Waals surface area (Å²) in [6.45, 7) is 3.92. The minimum absolute atomic E-state index is 0.0489. The molecule has 2 N–H and O–H groups in total. The molecule has 37 heavy (non-hydrogen) atoms. The summed E-state index contributed by atoms with van der Waals surface area (Å²) in [5.74, 6) is 0.595. The second-order valence-corrected chi connectivity index (χ2v) is 12.8. The summed E-state index contributed by atoms with van der Waals surface area (Å²) >= 11 is 6.71. The van der Waals surface area contributed by atoms with Crippen molar-refractivity contribution in [1.29, 1.82) is 0 Å². The van der Waals surface area contributed by atoms with Crippen LogP contribution in [0.2, 0.25) is 0 Å². The molecule has 9 heteroatoms. The van der Waals surface area contributed by atoms with Crippen LogP contribution in [-0.4, -0.2) is 36.8 Å². The molecule has 1 aromatic carbocycles. The number of nitrogens with zero attached hydrogens (tertiary/aromatic N) is 2. The molecule has 5 fully saturated rings. The first-order chi connectivity index (χ1) is 17.6. The highest BCUT2D eigenvalue weighted by molar-refractivity contribution is 8.26. The normalized spacial score (nSPS) is 29.4. The second-order valence-electron chi connectivity index (χ2n) is 11.2. The number of hydrogen-bond acceptors (Lipinski definition) is 5. The Morgan fingerprint density at radius 2 is 1.68 bits per heavy atom. The van der Waals surface area contributed by atoms with Gasteiger partial charge in [0.1, 0.15) is 0 Å². The molecule has 2 amide bonds. The summed E-state index contributed by atoms with van der Waals surface area (Å²) in [5, 5.41) is 10.4. The highest BCUT2D eigenvalue weighted by atomic mass is 32.2. The van der Waals surface area contributed by atoms with Crippen LogP contribution in [0.4, 0.5) is 0 Å². The summed E-state index contributed by atoms with van der Waals surface area (Å²) in [6.07, 6.45) is 8.34. The van der Waals surface area contributed by atoms with Crippen molar-refractivity contribution >= 4 is 52.2 Å². The molecule has 2 heterocycles. The fourth-order valence-electron chi connectivity index (χ4n) is 7.40. The second kappa shape index (κ2) is 8.84. The van der Waals surface area contributed by atoms with Crippen LogP contribution < -0.4 is 5.43 Å². The minimum Gasteiger partial charge on any atom is -0.478 e. The summed E-state index contributed by atoms with van der Waals surface area (Å²) < 4.78 is 2.36. The Kier molecular flexibility index (Phi) is 5.84. The van der Waals surface area contributed by atoms with Gasteiger partial charge in [-0.2, -0.15) is 5.01 Å². The van der Waals surface area contributed by atoms with Crippen molar-refractivity contribution in [2.75, 3.05) is 0 Å². The van der Waals surface area contributed by atoms with Crippen LogP contribution in [0.25, 0.3) is 11.8 Å². The van der Waals surface area contributed by atoms with E-state index >= 15 is 0 Å². The zero-order chi connectivity index (χ0) is 26.1. The summed E-state index contributed by atoms with van der Waals surface area (Å²) in [6, 6.07) is 8.68. The lowest BCUT2D eigenvalue weighted by Gasteiger charge is -2.55. The van der Waals surface area contributed by atoms with E-state index in [1.54, 1.807) is 24.3 Å². The van der Waals surface area contributed by atoms with Crippen molar-refractivity contribution in [3.63, 3.8) is 0 Å². The number of benzene rings is 1. The summed E-state index contributed by atoms with van der Waals surface area (Å²) in [4.78, 5) is 38.5. The average Bonchev–Trinajstić information content (AvgIpc) is 3.27. The number of carbonyl (C=O) groups excluding carboxylic acids is 2. The van der Waals surface area contributed by atoms with Gasteiger partial charge in [0.2, 0.25) is 5.91 Å². The third-order valence-electron chi connectivity index (χ3n) is 8.66. The maximum absolute atomic E-state index is 13.5. The number of nitrogens with one attached hydrogen (secondary N) is 1. The van der Waals surface area contributed by atoms with Crippen molar-refractivity contribution in [1.82, 2.24) is 15.0 Å². The number of thioether (sulfide) groups is 1. The van der Waals surface area contributed by atoms with Crippen LogP contribution in [0, 0.1) is 37.0 Å². The molecule has 0 radical (unpaired) electrons. The SMILES string of the molecule is Cc1cc(/C=C2/SC(=S)N(NC(=O)C34CC5CC(CC(C5)C3)C4)C2=O)c(C)n1-c1ccc(C(=O)O)cc1. The maximum Gasteiger partial charge on any atom is 0.335 e. The van der Waals surface area contributed by atoms with Crippen molar-refractivity contribution < 1.29 is 19.5 Å². The molecule has 5 aliphatic rings. The van der Waals surface area contributed by atoms with Gasteiger partial charge in [-0.25, -0.2) is 4.79 Å². The van der Waals surface area contributed by atoms with Gasteiger partial charge >= 0.3 is 5.97 Å². The molecule has 4 saturated carbocycles. The zero-order valence-corrected chi connectivity index (χ0v) is 22.5. The smallest absolute Gasteiger partial charge is 0.335 e. The topological polar surface area (TPSA) is 91.6 Å². The molecular formula is C28H29N3O4S2. The lowest BCUT2D eigenvalue weighted by Crippen LogP contribution is -2.57. The van der Waals surface area contributed by atoms with Gasteiger partial charge in [0.05, 0.1) is 15.9 Å². The van der Waals surface area contributed by atoms with Crippen LogP contribution in [0.3, 0.4) is 0 Å². The van der Waals surface area contributed by atoms with E-state index < -0.39 is 5.97 Å². The van der Waals surface area contributed by atoms with Crippen molar-refractivity contribution in [3.05, 3.63) is 57.8 Å². The Balaban J connectivity index is 1.22. The van der Waals surface area contributed by atoms with E-state index in [0.29, 0.717) is 27.0 Å². The van der Waals surface area contributed by atoms with Crippen LogP contribution >= 0.6 is 24.0 Å². The van der Waals surface area contributed by atoms with Crippen LogP contribution in [0.15, 0.2) is 35.2 Å². The van der Waals surface area contributed by atoms with Gasteiger partial charge in [0.15, 0.2) is 4.32 Å². The predicted molar refractivity (Wildman–Crippen MR) is 146 cm³/mol. The van der Waals surface area contributed by atoms with Gasteiger partial charge in [-0.15, -0.1) is 0 Å². The Labute approximate surface area is 225 Å². The molecule has 4 aliphatic carbocycles. The number of amides is 2. The van der Waals surface area contributed by atoms with E-state index in [9.17, 15) is 19.5 Å². The number of thiocarbonyl (C=S) groups is 1. The quantitative estimate of drug-likeness (QED) is 0.402. The van der Waals surface area contributed by atoms with Crippen LogP contribution in [0.5, 0.6) is 0 Å². The maximum atomic E-state index is 13.5. The Hall–Kier alpha value is -2.91. The fraction of sp³-hybridized carbons (Fsp3) is 0.429. The Morgan fingerprint density at radius 3 is 2.24 bits per heavy atom. The summed E-state index contributed by atoms with van der Waals surface area (Å²) in [7, 11) is 0. The number of aryl methyl sites for hydroxylation is 1. The third-order valence-corrected chi connectivity index (χ3v) is 9.96. The van der Waals surface area contributed by atoms with Gasteiger partial charge in [0, 0.05) is 17.1 Å². The largest absolute Gasteiger partial charge is 0.478 e. The van der Waals surface area contributed by atoms with Gasteiger partial charge in [-0.1, -0.05) is 11.8 Å². The van der Waals surface area contributed by atoms with E-state index in [-0.39, 0.29) is 22.8 Å². The number of carboxylic acids is 1. The number of aromatic carboxylic acids is 1. The van der Waals surface area contributed by atoms with E-state index in [1.807, 2.05) is 30.6 Å². The Bertz CT molecular complexity index is 1340. The standard InChI is InChI=1S/C28H29N3O4S2/c1-15-7-21(16(2)30(15)22-5-3-20(4-6-22)25(33)34)11-23-24(32)31(27(36)37-23)29-26(35)28-12-17-8-18(13-28)10-19(9-17)14-28/h3-7,11,17-19H,8-10,12-14H2,1-2H3,(H,29,35)(H,33,34)/b23-11+. The molecule has 1 aliphatic heterocycles. The fourth-order valence-corrected chi connectivity index (χ4v) is 8.57. The number of rotatable bonds is 5. The first kappa shape index (κ1) is 24.4. The van der Waals surface area contributed by atoms with Gasteiger partial charge < -0.3 is 9.67 Å². The highest BCUT2D eigenvalue weighted by Crippen LogP contribution is 2.60. The molecule has 2 aromatic rings. The zero-order valence-electron chi connectivity index (χ0n) is 20.8. The molecule has 7 nitrogen and oxygen atoms in total. The van der Waals surface area contributed by atoms with E-state index in [0.717, 1.165) is 41.9 Å². The predicted octanol–water partition coefficient (Wildman–Crippen LogP) is 5.24. The number of hydrazine groups is 1. The van der Waals surface area contributed by atoms with Crippen molar-refractivity contribution in [3.8, 4) is 5.69 Å². The summed E-state index contributed by atoms with van der Waals surface area (Å²) in [5.41, 5.74) is 6.37. The number of hydrogen-bond donors (Lipinski definition) is 2. The minimum atomic E-state index is -0.967. The molecule has 0 spiro atoms.